The second kappa shape index (κ2) is 13.3. The monoisotopic (exact) mass is 467 g/mol. The van der Waals surface area contributed by atoms with Crippen molar-refractivity contribution in [1.82, 2.24) is 14.4 Å². The van der Waals surface area contributed by atoms with Gasteiger partial charge in [-0.15, -0.1) is 0 Å². The standard InChI is InChI=1S/C28H41N3O3/c1-4-5-6-7-10-23-12-14-24(15-13-23)28(33)30(19-9-20-34-3)22-27(32)31(25-16-17-25)21-26-11-8-18-29(26)2/h8,11-15,18,25H,4-7,9-10,16-17,19-22H2,1-3H3. The molecule has 1 fully saturated rings. The summed E-state index contributed by atoms with van der Waals surface area (Å²) in [6.07, 6.45) is 10.7. The molecule has 1 aliphatic carbocycles. The van der Waals surface area contributed by atoms with Gasteiger partial charge < -0.3 is 19.1 Å². The molecule has 0 bridgehead atoms. The van der Waals surface area contributed by atoms with Gasteiger partial charge in [-0.25, -0.2) is 0 Å². The summed E-state index contributed by atoms with van der Waals surface area (Å²) in [7, 11) is 3.66. The van der Waals surface area contributed by atoms with Crippen LogP contribution in [0.1, 0.15) is 73.5 Å². The van der Waals surface area contributed by atoms with Crippen molar-refractivity contribution >= 4 is 11.8 Å². The van der Waals surface area contributed by atoms with Crippen LogP contribution in [0.2, 0.25) is 0 Å². The molecule has 0 aliphatic heterocycles. The third kappa shape index (κ3) is 7.73. The highest BCUT2D eigenvalue weighted by Crippen LogP contribution is 2.28. The maximum atomic E-state index is 13.4. The fourth-order valence-electron chi connectivity index (χ4n) is 4.30. The van der Waals surface area contributed by atoms with Crippen molar-refractivity contribution in [1.29, 1.82) is 0 Å². The predicted molar refractivity (Wildman–Crippen MR) is 136 cm³/mol. The van der Waals surface area contributed by atoms with Crippen LogP contribution in [0.5, 0.6) is 0 Å². The molecular formula is C28H41N3O3. The molecule has 1 heterocycles. The molecule has 6 nitrogen and oxygen atoms in total. The summed E-state index contributed by atoms with van der Waals surface area (Å²) in [6, 6.07) is 12.3. The number of rotatable bonds is 15. The molecule has 0 saturated heterocycles. The zero-order valence-electron chi connectivity index (χ0n) is 21.2. The Morgan fingerprint density at radius 2 is 1.82 bits per heavy atom. The SMILES string of the molecule is CCCCCCc1ccc(C(=O)N(CCCOC)CC(=O)N(Cc2cccn2C)C2CC2)cc1. The van der Waals surface area contributed by atoms with Gasteiger partial charge in [-0.1, -0.05) is 38.3 Å². The zero-order chi connectivity index (χ0) is 24.3. The van der Waals surface area contributed by atoms with Crippen LogP contribution in [0.4, 0.5) is 0 Å². The average molecular weight is 468 g/mol. The minimum absolute atomic E-state index is 0.0158. The Morgan fingerprint density at radius 3 is 2.44 bits per heavy atom. The molecule has 186 valence electrons. The maximum absolute atomic E-state index is 13.4. The molecule has 0 N–H and O–H groups in total. The predicted octanol–water partition coefficient (Wildman–Crippen LogP) is 4.82. The van der Waals surface area contributed by atoms with Crippen molar-refractivity contribution in [2.75, 3.05) is 26.8 Å². The molecule has 6 heteroatoms. The second-order valence-electron chi connectivity index (χ2n) is 9.44. The van der Waals surface area contributed by atoms with E-state index < -0.39 is 0 Å². The maximum Gasteiger partial charge on any atom is 0.254 e. The minimum atomic E-state index is -0.0865. The first kappa shape index (κ1) is 26.0. The number of nitrogens with zero attached hydrogens (tertiary/aromatic N) is 3. The third-order valence-corrected chi connectivity index (χ3v) is 6.60. The van der Waals surface area contributed by atoms with Gasteiger partial charge in [0.05, 0.1) is 6.54 Å². The number of aryl methyl sites for hydroxylation is 2. The van der Waals surface area contributed by atoms with E-state index in [1.807, 2.05) is 47.0 Å². The molecule has 1 aliphatic rings. The Balaban J connectivity index is 1.65. The van der Waals surface area contributed by atoms with Crippen LogP contribution in [0.3, 0.4) is 0 Å². The molecule has 34 heavy (non-hydrogen) atoms. The highest BCUT2D eigenvalue weighted by atomic mass is 16.5. The third-order valence-electron chi connectivity index (χ3n) is 6.60. The van der Waals surface area contributed by atoms with Crippen LogP contribution < -0.4 is 0 Å². The van der Waals surface area contributed by atoms with Crippen LogP contribution in [0.25, 0.3) is 0 Å². The van der Waals surface area contributed by atoms with Gasteiger partial charge in [0.1, 0.15) is 6.54 Å². The summed E-state index contributed by atoms with van der Waals surface area (Å²) in [5.41, 5.74) is 3.01. The zero-order valence-corrected chi connectivity index (χ0v) is 21.2. The van der Waals surface area contributed by atoms with Gasteiger partial charge >= 0.3 is 0 Å². The minimum Gasteiger partial charge on any atom is -0.385 e. The Morgan fingerprint density at radius 1 is 1.06 bits per heavy atom. The van der Waals surface area contributed by atoms with Gasteiger partial charge in [0.2, 0.25) is 5.91 Å². The second-order valence-corrected chi connectivity index (χ2v) is 9.44. The fourth-order valence-corrected chi connectivity index (χ4v) is 4.30. The van der Waals surface area contributed by atoms with E-state index in [0.29, 0.717) is 31.7 Å². The highest BCUT2D eigenvalue weighted by molar-refractivity contribution is 5.96. The van der Waals surface area contributed by atoms with E-state index >= 15 is 0 Å². The Labute approximate surface area is 204 Å². The smallest absolute Gasteiger partial charge is 0.254 e. The van der Waals surface area contributed by atoms with Crippen molar-refractivity contribution in [2.24, 2.45) is 7.05 Å². The van der Waals surface area contributed by atoms with Crippen molar-refractivity contribution in [3.63, 3.8) is 0 Å². The average Bonchev–Trinajstić information content (AvgIpc) is 3.61. The Bertz CT molecular complexity index is 902. The lowest BCUT2D eigenvalue weighted by Gasteiger charge is -2.28. The van der Waals surface area contributed by atoms with E-state index in [1.165, 1.54) is 31.2 Å². The number of hydrogen-bond donors (Lipinski definition) is 0. The molecule has 1 aromatic carbocycles. The van der Waals surface area contributed by atoms with Crippen LogP contribution in [-0.2, 0) is 29.5 Å². The number of carbonyl (C=O) groups excluding carboxylic acids is 2. The number of benzene rings is 1. The lowest BCUT2D eigenvalue weighted by Crippen LogP contribution is -2.44. The van der Waals surface area contributed by atoms with Gasteiger partial charge in [0, 0.05) is 50.8 Å². The molecule has 2 amide bonds. The number of carbonyl (C=O) groups is 2. The summed E-state index contributed by atoms with van der Waals surface area (Å²) in [6.45, 7) is 3.96. The number of methoxy groups -OCH3 is 1. The van der Waals surface area contributed by atoms with Crippen LogP contribution in [0.15, 0.2) is 42.6 Å². The lowest BCUT2D eigenvalue weighted by atomic mass is 10.0. The van der Waals surface area contributed by atoms with Gasteiger partial charge in [-0.2, -0.15) is 0 Å². The summed E-state index contributed by atoms with van der Waals surface area (Å²) < 4.78 is 7.25. The van der Waals surface area contributed by atoms with E-state index in [0.717, 1.165) is 25.0 Å². The summed E-state index contributed by atoms with van der Waals surface area (Å²) >= 11 is 0. The van der Waals surface area contributed by atoms with Crippen molar-refractivity contribution in [3.05, 3.63) is 59.4 Å². The highest BCUT2D eigenvalue weighted by Gasteiger charge is 2.34. The van der Waals surface area contributed by atoms with Crippen molar-refractivity contribution < 1.29 is 14.3 Å². The number of unbranched alkanes of at least 4 members (excludes halogenated alkanes) is 3. The molecule has 0 unspecified atom stereocenters. The molecular weight excluding hydrogens is 426 g/mol. The summed E-state index contributed by atoms with van der Waals surface area (Å²) in [5, 5.41) is 0. The van der Waals surface area contributed by atoms with Crippen molar-refractivity contribution in [3.8, 4) is 0 Å². The molecule has 0 atom stereocenters. The van der Waals surface area contributed by atoms with Gasteiger partial charge in [-0.3, -0.25) is 9.59 Å². The van der Waals surface area contributed by atoms with E-state index in [-0.39, 0.29) is 24.4 Å². The molecule has 0 radical (unpaired) electrons. The normalized spacial score (nSPS) is 13.1. The number of hydrogen-bond acceptors (Lipinski definition) is 3. The Kier molecular flexibility index (Phi) is 10.2. The van der Waals surface area contributed by atoms with E-state index in [1.54, 1.807) is 12.0 Å². The van der Waals surface area contributed by atoms with Gasteiger partial charge in [-0.05, 0) is 61.9 Å². The first-order valence-corrected chi connectivity index (χ1v) is 12.8. The fraction of sp³-hybridized carbons (Fsp3) is 0.571. The van der Waals surface area contributed by atoms with E-state index in [4.69, 9.17) is 4.74 Å². The lowest BCUT2D eigenvalue weighted by molar-refractivity contribution is -0.133. The molecule has 1 saturated carbocycles. The summed E-state index contributed by atoms with van der Waals surface area (Å²) in [4.78, 5) is 30.4. The molecule has 0 spiro atoms. The van der Waals surface area contributed by atoms with Crippen LogP contribution >= 0.6 is 0 Å². The Hall–Kier alpha value is -2.60. The number of amides is 2. The van der Waals surface area contributed by atoms with Crippen LogP contribution in [0, 0.1) is 0 Å². The first-order chi connectivity index (χ1) is 16.5. The number of ether oxygens (including phenoxy) is 1. The molecule has 3 rings (SSSR count). The van der Waals surface area contributed by atoms with Crippen molar-refractivity contribution in [2.45, 2.75) is 70.9 Å². The van der Waals surface area contributed by atoms with E-state index in [2.05, 4.69) is 19.1 Å². The van der Waals surface area contributed by atoms with E-state index in [9.17, 15) is 9.59 Å². The largest absolute Gasteiger partial charge is 0.385 e. The quantitative estimate of drug-likeness (QED) is 0.353. The first-order valence-electron chi connectivity index (χ1n) is 12.8. The summed E-state index contributed by atoms with van der Waals surface area (Å²) in [5.74, 6) is -0.0707. The van der Waals surface area contributed by atoms with Gasteiger partial charge in [0.15, 0.2) is 0 Å². The topological polar surface area (TPSA) is 54.8 Å². The van der Waals surface area contributed by atoms with Gasteiger partial charge in [0.25, 0.3) is 5.91 Å². The molecule has 1 aromatic heterocycles. The molecule has 2 aromatic rings. The number of aromatic nitrogens is 1. The van der Waals surface area contributed by atoms with Crippen LogP contribution in [-0.4, -0.2) is 59.0 Å².